The van der Waals surface area contributed by atoms with E-state index in [1.807, 2.05) is 0 Å². The molecule has 1 amide bonds. The van der Waals surface area contributed by atoms with Gasteiger partial charge in [0.1, 0.15) is 11.5 Å². The number of halogens is 1. The Balaban J connectivity index is 2.06. The Bertz CT molecular complexity index is 834. The normalized spacial score (nSPS) is 10.2. The molecule has 0 atom stereocenters. The van der Waals surface area contributed by atoms with Gasteiger partial charge in [0.2, 0.25) is 0 Å². The molecule has 0 aliphatic heterocycles. The van der Waals surface area contributed by atoms with E-state index in [1.165, 1.54) is 18.2 Å². The van der Waals surface area contributed by atoms with Gasteiger partial charge in [0.15, 0.2) is 6.61 Å². The van der Waals surface area contributed by atoms with E-state index in [-0.39, 0.29) is 16.9 Å². The number of carbonyl (C=O) groups excluding carboxylic acids is 2. The van der Waals surface area contributed by atoms with Crippen molar-refractivity contribution in [1.82, 2.24) is 0 Å². The third kappa shape index (κ3) is 4.37. The SMILES string of the molecule is Cc1ccc([N+](=O)[O-])c(NC(=O)COC(=O)c2ccc(F)cc2)c1C. The van der Waals surface area contributed by atoms with Crippen LogP contribution in [-0.2, 0) is 9.53 Å². The second-order valence-electron chi connectivity index (χ2n) is 5.29. The molecule has 7 nitrogen and oxygen atoms in total. The van der Waals surface area contributed by atoms with Crippen LogP contribution < -0.4 is 5.32 Å². The number of benzene rings is 2. The van der Waals surface area contributed by atoms with Gasteiger partial charge in [-0.15, -0.1) is 0 Å². The maximum atomic E-state index is 12.8. The predicted molar refractivity (Wildman–Crippen MR) is 87.9 cm³/mol. The molecule has 0 aliphatic carbocycles. The number of aryl methyl sites for hydroxylation is 1. The quantitative estimate of drug-likeness (QED) is 0.509. The topological polar surface area (TPSA) is 98.5 Å². The maximum Gasteiger partial charge on any atom is 0.338 e. The van der Waals surface area contributed by atoms with Crippen molar-refractivity contribution in [3.8, 4) is 0 Å². The Morgan fingerprint density at radius 2 is 1.80 bits per heavy atom. The van der Waals surface area contributed by atoms with E-state index < -0.39 is 29.2 Å². The van der Waals surface area contributed by atoms with Crippen LogP contribution >= 0.6 is 0 Å². The first kappa shape index (κ1) is 18.1. The van der Waals surface area contributed by atoms with Gasteiger partial charge in [0.25, 0.3) is 11.6 Å². The van der Waals surface area contributed by atoms with Gasteiger partial charge in [0.05, 0.1) is 10.5 Å². The average Bonchev–Trinajstić information content (AvgIpc) is 2.57. The van der Waals surface area contributed by atoms with Gasteiger partial charge < -0.3 is 10.1 Å². The first-order valence-electron chi connectivity index (χ1n) is 7.26. The lowest BCUT2D eigenvalue weighted by molar-refractivity contribution is -0.384. The van der Waals surface area contributed by atoms with Crippen LogP contribution in [0.1, 0.15) is 21.5 Å². The van der Waals surface area contributed by atoms with Gasteiger partial charge in [0, 0.05) is 6.07 Å². The van der Waals surface area contributed by atoms with Crippen LogP contribution in [0.15, 0.2) is 36.4 Å². The smallest absolute Gasteiger partial charge is 0.338 e. The van der Waals surface area contributed by atoms with E-state index in [9.17, 15) is 24.1 Å². The van der Waals surface area contributed by atoms with Crippen LogP contribution in [0.5, 0.6) is 0 Å². The van der Waals surface area contributed by atoms with Crippen molar-refractivity contribution in [2.45, 2.75) is 13.8 Å². The lowest BCUT2D eigenvalue weighted by Gasteiger charge is -2.11. The van der Waals surface area contributed by atoms with E-state index in [0.29, 0.717) is 5.56 Å². The Labute approximate surface area is 142 Å². The molecule has 0 fully saturated rings. The summed E-state index contributed by atoms with van der Waals surface area (Å²) in [4.78, 5) is 34.2. The average molecular weight is 346 g/mol. The van der Waals surface area contributed by atoms with E-state index in [2.05, 4.69) is 5.32 Å². The molecule has 2 aromatic rings. The fraction of sp³-hybridized carbons (Fsp3) is 0.176. The van der Waals surface area contributed by atoms with Gasteiger partial charge in [-0.05, 0) is 49.2 Å². The molecule has 1 N–H and O–H groups in total. The summed E-state index contributed by atoms with van der Waals surface area (Å²) in [5.41, 5.74) is 1.22. The number of nitrogens with one attached hydrogen (secondary N) is 1. The molecule has 0 unspecified atom stereocenters. The molecule has 0 bridgehead atoms. The van der Waals surface area contributed by atoms with Crippen molar-refractivity contribution in [3.05, 3.63) is 69.0 Å². The van der Waals surface area contributed by atoms with Crippen molar-refractivity contribution >= 4 is 23.3 Å². The summed E-state index contributed by atoms with van der Waals surface area (Å²) in [5.74, 6) is -2.02. The van der Waals surface area contributed by atoms with Gasteiger partial charge in [-0.3, -0.25) is 14.9 Å². The highest BCUT2D eigenvalue weighted by molar-refractivity contribution is 5.97. The highest BCUT2D eigenvalue weighted by atomic mass is 19.1. The minimum atomic E-state index is -0.800. The highest BCUT2D eigenvalue weighted by Crippen LogP contribution is 2.30. The van der Waals surface area contributed by atoms with Gasteiger partial charge >= 0.3 is 5.97 Å². The summed E-state index contributed by atoms with van der Waals surface area (Å²) >= 11 is 0. The van der Waals surface area contributed by atoms with Crippen molar-refractivity contribution in [3.63, 3.8) is 0 Å². The Kier molecular flexibility index (Phi) is 5.43. The number of amides is 1. The molecule has 0 aromatic heterocycles. The van der Waals surface area contributed by atoms with Crippen LogP contribution in [0, 0.1) is 29.8 Å². The predicted octanol–water partition coefficient (Wildman–Crippen LogP) is 3.15. The minimum absolute atomic E-state index is 0.0628. The number of carbonyl (C=O) groups is 2. The molecule has 0 spiro atoms. The molecule has 0 aliphatic rings. The third-order valence-electron chi connectivity index (χ3n) is 3.59. The summed E-state index contributed by atoms with van der Waals surface area (Å²) in [6.45, 7) is 2.77. The zero-order valence-electron chi connectivity index (χ0n) is 13.5. The Morgan fingerprint density at radius 1 is 1.16 bits per heavy atom. The fourth-order valence-corrected chi connectivity index (χ4v) is 2.09. The lowest BCUT2D eigenvalue weighted by atomic mass is 10.1. The van der Waals surface area contributed by atoms with Gasteiger partial charge in [-0.25, -0.2) is 9.18 Å². The number of hydrogen-bond donors (Lipinski definition) is 1. The zero-order chi connectivity index (χ0) is 18.6. The molecule has 130 valence electrons. The molecule has 0 saturated carbocycles. The number of nitro groups is 1. The van der Waals surface area contributed by atoms with Crippen molar-refractivity contribution < 1.29 is 23.6 Å². The number of ether oxygens (including phenoxy) is 1. The largest absolute Gasteiger partial charge is 0.452 e. The van der Waals surface area contributed by atoms with Crippen LogP contribution in [-0.4, -0.2) is 23.4 Å². The highest BCUT2D eigenvalue weighted by Gasteiger charge is 2.20. The van der Waals surface area contributed by atoms with E-state index in [1.54, 1.807) is 19.9 Å². The van der Waals surface area contributed by atoms with E-state index >= 15 is 0 Å². The van der Waals surface area contributed by atoms with Crippen molar-refractivity contribution in [2.24, 2.45) is 0 Å². The molecule has 25 heavy (non-hydrogen) atoms. The molecule has 0 saturated heterocycles. The van der Waals surface area contributed by atoms with Crippen molar-refractivity contribution in [1.29, 1.82) is 0 Å². The molecule has 0 radical (unpaired) electrons. The second-order valence-corrected chi connectivity index (χ2v) is 5.29. The second kappa shape index (κ2) is 7.52. The van der Waals surface area contributed by atoms with Gasteiger partial charge in [-0.2, -0.15) is 0 Å². The molecular formula is C17H15FN2O5. The van der Waals surface area contributed by atoms with E-state index in [4.69, 9.17) is 4.74 Å². The number of nitro benzene ring substituents is 1. The first-order chi connectivity index (χ1) is 11.8. The summed E-state index contributed by atoms with van der Waals surface area (Å²) in [5, 5.41) is 13.5. The number of anilines is 1. The number of rotatable bonds is 5. The minimum Gasteiger partial charge on any atom is -0.452 e. The molecule has 2 aromatic carbocycles. The third-order valence-corrected chi connectivity index (χ3v) is 3.59. The number of esters is 1. The Morgan fingerprint density at radius 3 is 2.40 bits per heavy atom. The standard InChI is InChI=1S/C17H15FN2O5/c1-10-3-8-14(20(23)24)16(11(10)2)19-15(21)9-25-17(22)12-4-6-13(18)7-5-12/h3-8H,9H2,1-2H3,(H,19,21). The van der Waals surface area contributed by atoms with Crippen LogP contribution in [0.2, 0.25) is 0 Å². The van der Waals surface area contributed by atoms with Crippen molar-refractivity contribution in [2.75, 3.05) is 11.9 Å². The summed E-state index contributed by atoms with van der Waals surface area (Å²) in [7, 11) is 0. The fourth-order valence-electron chi connectivity index (χ4n) is 2.09. The number of hydrogen-bond acceptors (Lipinski definition) is 5. The molecule has 0 heterocycles. The summed E-state index contributed by atoms with van der Waals surface area (Å²) in [6, 6.07) is 7.52. The summed E-state index contributed by atoms with van der Waals surface area (Å²) < 4.78 is 17.6. The van der Waals surface area contributed by atoms with Crippen LogP contribution in [0.3, 0.4) is 0 Å². The molecule has 2 rings (SSSR count). The van der Waals surface area contributed by atoms with E-state index in [0.717, 1.165) is 17.7 Å². The monoisotopic (exact) mass is 346 g/mol. The number of nitrogens with zero attached hydrogens (tertiary/aromatic N) is 1. The maximum absolute atomic E-state index is 12.8. The molecule has 8 heteroatoms. The zero-order valence-corrected chi connectivity index (χ0v) is 13.5. The first-order valence-corrected chi connectivity index (χ1v) is 7.26. The van der Waals surface area contributed by atoms with Gasteiger partial charge in [-0.1, -0.05) is 6.07 Å². The molecular weight excluding hydrogens is 331 g/mol. The van der Waals surface area contributed by atoms with Crippen LogP contribution in [0.4, 0.5) is 15.8 Å². The lowest BCUT2D eigenvalue weighted by Crippen LogP contribution is -2.22. The summed E-state index contributed by atoms with van der Waals surface area (Å²) in [6.07, 6.45) is 0. The van der Waals surface area contributed by atoms with Crippen LogP contribution in [0.25, 0.3) is 0 Å². The Hall–Kier alpha value is -3.29.